The lowest BCUT2D eigenvalue weighted by Gasteiger charge is -2.13. The highest BCUT2D eigenvalue weighted by Crippen LogP contribution is 2.38. The van der Waals surface area contributed by atoms with Crippen molar-refractivity contribution in [1.29, 1.82) is 0 Å². The lowest BCUT2D eigenvalue weighted by molar-refractivity contribution is -0.118. The molecule has 1 heterocycles. The average Bonchev–Trinajstić information content (AvgIpc) is 3.04. The van der Waals surface area contributed by atoms with Gasteiger partial charge in [0.15, 0.2) is 15.8 Å². The standard InChI is InChI=1S/C15H18N4O4S2/c1-9-17-19-15(25-9)24-8-12(20)18-16-7-10-5-6-11(21-2)14(23-4)13(10)22-3/h5-7H,8H2,1-4H3,(H,18,20)/b16-7-. The number of aryl methyl sites for hydroxylation is 1. The monoisotopic (exact) mass is 382 g/mol. The van der Waals surface area contributed by atoms with E-state index in [-0.39, 0.29) is 11.7 Å². The van der Waals surface area contributed by atoms with E-state index in [2.05, 4.69) is 20.7 Å². The number of carbonyl (C=O) groups excluding carboxylic acids is 1. The number of benzene rings is 1. The van der Waals surface area contributed by atoms with Gasteiger partial charge in [-0.05, 0) is 19.1 Å². The summed E-state index contributed by atoms with van der Waals surface area (Å²) < 4.78 is 16.6. The first kappa shape index (κ1) is 19.0. The predicted octanol–water partition coefficient (Wildman–Crippen LogP) is 2.11. The van der Waals surface area contributed by atoms with Crippen molar-refractivity contribution in [2.24, 2.45) is 5.10 Å². The summed E-state index contributed by atoms with van der Waals surface area (Å²) in [6, 6.07) is 3.49. The third-order valence-corrected chi connectivity index (χ3v) is 4.93. The molecule has 0 spiro atoms. The van der Waals surface area contributed by atoms with Gasteiger partial charge in [-0.2, -0.15) is 5.10 Å². The van der Waals surface area contributed by atoms with Crippen LogP contribution in [0.3, 0.4) is 0 Å². The lowest BCUT2D eigenvalue weighted by Crippen LogP contribution is -2.19. The topological polar surface area (TPSA) is 94.9 Å². The molecule has 0 aliphatic rings. The molecule has 2 aromatic rings. The molecule has 134 valence electrons. The molecule has 0 unspecified atom stereocenters. The second-order valence-corrected chi connectivity index (χ2v) is 7.00. The minimum atomic E-state index is -0.242. The van der Waals surface area contributed by atoms with Crippen molar-refractivity contribution in [2.75, 3.05) is 27.1 Å². The van der Waals surface area contributed by atoms with Crippen LogP contribution in [0.15, 0.2) is 21.6 Å². The van der Waals surface area contributed by atoms with Gasteiger partial charge in [-0.15, -0.1) is 10.2 Å². The summed E-state index contributed by atoms with van der Waals surface area (Å²) in [5.41, 5.74) is 3.11. The maximum absolute atomic E-state index is 11.8. The first-order valence-electron chi connectivity index (χ1n) is 7.12. The zero-order valence-corrected chi connectivity index (χ0v) is 15.9. The lowest BCUT2D eigenvalue weighted by atomic mass is 10.2. The van der Waals surface area contributed by atoms with Crippen molar-refractivity contribution in [2.45, 2.75) is 11.3 Å². The van der Waals surface area contributed by atoms with Crippen LogP contribution in [0.4, 0.5) is 0 Å². The van der Waals surface area contributed by atoms with Crippen LogP contribution in [0.5, 0.6) is 17.2 Å². The zero-order chi connectivity index (χ0) is 18.2. The van der Waals surface area contributed by atoms with Crippen molar-refractivity contribution in [3.05, 3.63) is 22.7 Å². The number of nitrogens with one attached hydrogen (secondary N) is 1. The Morgan fingerprint density at radius 2 is 2.00 bits per heavy atom. The molecule has 25 heavy (non-hydrogen) atoms. The molecule has 0 saturated heterocycles. The highest BCUT2D eigenvalue weighted by atomic mass is 32.2. The van der Waals surface area contributed by atoms with E-state index in [1.54, 1.807) is 19.2 Å². The van der Waals surface area contributed by atoms with Crippen LogP contribution in [0, 0.1) is 6.92 Å². The normalized spacial score (nSPS) is 10.7. The maximum Gasteiger partial charge on any atom is 0.250 e. The number of aromatic nitrogens is 2. The fourth-order valence-electron chi connectivity index (χ4n) is 1.90. The van der Waals surface area contributed by atoms with E-state index < -0.39 is 0 Å². The molecule has 0 fully saturated rings. The van der Waals surface area contributed by atoms with E-state index in [0.29, 0.717) is 22.8 Å². The summed E-state index contributed by atoms with van der Waals surface area (Å²) in [6.45, 7) is 1.86. The van der Waals surface area contributed by atoms with E-state index in [9.17, 15) is 4.79 Å². The predicted molar refractivity (Wildman–Crippen MR) is 97.2 cm³/mol. The van der Waals surface area contributed by atoms with Gasteiger partial charge in [0.1, 0.15) is 5.01 Å². The van der Waals surface area contributed by atoms with Gasteiger partial charge in [0.25, 0.3) is 5.91 Å². The molecule has 1 N–H and O–H groups in total. The number of hydrogen-bond donors (Lipinski definition) is 1. The molecule has 1 amide bonds. The number of carbonyl (C=O) groups is 1. The Kier molecular flexibility index (Phi) is 7.02. The summed E-state index contributed by atoms with van der Waals surface area (Å²) in [7, 11) is 4.59. The first-order valence-corrected chi connectivity index (χ1v) is 8.93. The zero-order valence-electron chi connectivity index (χ0n) is 14.2. The van der Waals surface area contributed by atoms with Gasteiger partial charge in [0, 0.05) is 5.56 Å². The van der Waals surface area contributed by atoms with Gasteiger partial charge in [0.05, 0.1) is 33.3 Å². The second kappa shape index (κ2) is 9.23. The molecule has 1 aromatic heterocycles. The van der Waals surface area contributed by atoms with Crippen molar-refractivity contribution in [3.8, 4) is 17.2 Å². The fraction of sp³-hybridized carbons (Fsp3) is 0.333. The van der Waals surface area contributed by atoms with Gasteiger partial charge in [-0.1, -0.05) is 23.1 Å². The summed E-state index contributed by atoms with van der Waals surface area (Å²) in [5, 5.41) is 12.7. The Morgan fingerprint density at radius 3 is 2.60 bits per heavy atom. The van der Waals surface area contributed by atoms with Crippen molar-refractivity contribution in [1.82, 2.24) is 15.6 Å². The molecule has 0 aliphatic carbocycles. The number of rotatable bonds is 8. The van der Waals surface area contributed by atoms with Crippen LogP contribution in [0.1, 0.15) is 10.6 Å². The van der Waals surface area contributed by atoms with E-state index in [1.165, 1.54) is 43.5 Å². The third kappa shape index (κ3) is 5.07. The number of hydrazone groups is 1. The molecule has 8 nitrogen and oxygen atoms in total. The van der Waals surface area contributed by atoms with E-state index in [1.807, 2.05) is 6.92 Å². The first-order chi connectivity index (χ1) is 12.1. The molecule has 2 rings (SSSR count). The summed E-state index contributed by atoms with van der Waals surface area (Å²) in [6.07, 6.45) is 1.48. The van der Waals surface area contributed by atoms with Crippen LogP contribution in [0.25, 0.3) is 0 Å². The molecular formula is C15H18N4O4S2. The highest BCUT2D eigenvalue weighted by Gasteiger charge is 2.14. The van der Waals surface area contributed by atoms with Crippen molar-refractivity contribution >= 4 is 35.2 Å². The quantitative estimate of drug-likeness (QED) is 0.424. The number of thioether (sulfide) groups is 1. The number of hydrogen-bond acceptors (Lipinski definition) is 9. The van der Waals surface area contributed by atoms with E-state index in [4.69, 9.17) is 14.2 Å². The number of amides is 1. The maximum atomic E-state index is 11.8. The van der Waals surface area contributed by atoms with Crippen LogP contribution in [-0.4, -0.2) is 49.4 Å². The minimum Gasteiger partial charge on any atom is -0.493 e. The van der Waals surface area contributed by atoms with Crippen LogP contribution >= 0.6 is 23.1 Å². The Bertz CT molecular complexity index is 764. The number of ether oxygens (including phenoxy) is 3. The van der Waals surface area contributed by atoms with E-state index in [0.717, 1.165) is 9.35 Å². The van der Waals surface area contributed by atoms with Gasteiger partial charge in [-0.3, -0.25) is 4.79 Å². The van der Waals surface area contributed by atoms with Gasteiger partial charge < -0.3 is 14.2 Å². The Hall–Kier alpha value is -2.33. The fourth-order valence-corrected chi connectivity index (χ4v) is 3.50. The summed E-state index contributed by atoms with van der Waals surface area (Å²) in [5.74, 6) is 1.44. The molecule has 0 bridgehead atoms. The van der Waals surface area contributed by atoms with Crippen LogP contribution < -0.4 is 19.6 Å². The van der Waals surface area contributed by atoms with Crippen molar-refractivity contribution in [3.63, 3.8) is 0 Å². The summed E-state index contributed by atoms with van der Waals surface area (Å²) >= 11 is 2.75. The molecule has 0 aliphatic heterocycles. The third-order valence-electron chi connectivity index (χ3n) is 2.96. The van der Waals surface area contributed by atoms with Crippen molar-refractivity contribution < 1.29 is 19.0 Å². The SMILES string of the molecule is COc1ccc(/C=N\NC(=O)CSc2nnc(C)s2)c(OC)c1OC. The van der Waals surface area contributed by atoms with Gasteiger partial charge in [0.2, 0.25) is 5.75 Å². The van der Waals surface area contributed by atoms with E-state index >= 15 is 0 Å². The smallest absolute Gasteiger partial charge is 0.250 e. The van der Waals surface area contributed by atoms with Gasteiger partial charge >= 0.3 is 0 Å². The van der Waals surface area contributed by atoms with Gasteiger partial charge in [-0.25, -0.2) is 5.43 Å². The largest absolute Gasteiger partial charge is 0.493 e. The van der Waals surface area contributed by atoms with Crippen LogP contribution in [0.2, 0.25) is 0 Å². The Labute approximate surface area is 153 Å². The Balaban J connectivity index is 1.98. The molecular weight excluding hydrogens is 364 g/mol. The number of methoxy groups -OCH3 is 3. The molecule has 0 radical (unpaired) electrons. The highest BCUT2D eigenvalue weighted by molar-refractivity contribution is 8.01. The molecule has 10 heteroatoms. The number of nitrogens with zero attached hydrogens (tertiary/aromatic N) is 3. The average molecular weight is 382 g/mol. The second-order valence-electron chi connectivity index (χ2n) is 4.59. The molecule has 0 saturated carbocycles. The Morgan fingerprint density at radius 1 is 1.24 bits per heavy atom. The summed E-state index contributed by atoms with van der Waals surface area (Å²) in [4.78, 5) is 11.8. The molecule has 1 aromatic carbocycles. The minimum absolute atomic E-state index is 0.203. The molecule has 0 atom stereocenters. The van der Waals surface area contributed by atoms with Crippen LogP contribution in [-0.2, 0) is 4.79 Å².